The van der Waals surface area contributed by atoms with Crippen molar-refractivity contribution in [3.63, 3.8) is 0 Å². The zero-order chi connectivity index (χ0) is 11.4. The van der Waals surface area contributed by atoms with Crippen molar-refractivity contribution in [1.82, 2.24) is 0 Å². The van der Waals surface area contributed by atoms with Crippen LogP contribution in [0.15, 0.2) is 24.3 Å². The molecule has 84 valence electrons. The van der Waals surface area contributed by atoms with Crippen LogP contribution in [0.3, 0.4) is 0 Å². The predicted molar refractivity (Wildman–Crippen MR) is 61.3 cm³/mol. The molecule has 0 heterocycles. The summed E-state index contributed by atoms with van der Waals surface area (Å²) >= 11 is 0. The largest absolute Gasteiger partial charge is 0.461 e. The third kappa shape index (κ3) is 2.95. The van der Waals surface area contributed by atoms with E-state index in [9.17, 15) is 4.79 Å². The molecule has 1 aliphatic rings. The van der Waals surface area contributed by atoms with Gasteiger partial charge >= 0.3 is 5.97 Å². The highest BCUT2D eigenvalue weighted by molar-refractivity contribution is 5.73. The van der Waals surface area contributed by atoms with E-state index in [-0.39, 0.29) is 11.9 Å². The van der Waals surface area contributed by atoms with Crippen molar-refractivity contribution in [1.29, 1.82) is 0 Å². The summed E-state index contributed by atoms with van der Waals surface area (Å²) in [6.45, 7) is 10.2. The maximum absolute atomic E-state index is 11.8. The highest BCUT2D eigenvalue weighted by atomic mass is 16.5. The Morgan fingerprint density at radius 2 is 2.33 bits per heavy atom. The van der Waals surface area contributed by atoms with Crippen molar-refractivity contribution in [2.75, 3.05) is 6.61 Å². The molecule has 3 atom stereocenters. The molecular formula is C13H20O2. The van der Waals surface area contributed by atoms with Crippen molar-refractivity contribution >= 4 is 5.97 Å². The first-order valence-electron chi connectivity index (χ1n) is 5.51. The van der Waals surface area contributed by atoms with E-state index < -0.39 is 0 Å². The van der Waals surface area contributed by atoms with Gasteiger partial charge in [0.05, 0.1) is 5.92 Å². The van der Waals surface area contributed by atoms with Crippen molar-refractivity contribution in [3.05, 3.63) is 24.3 Å². The molecule has 0 N–H and O–H groups in total. The molecule has 2 heteroatoms. The Morgan fingerprint density at radius 3 is 2.93 bits per heavy atom. The van der Waals surface area contributed by atoms with Crippen molar-refractivity contribution in [2.24, 2.45) is 17.8 Å². The van der Waals surface area contributed by atoms with E-state index in [1.165, 1.54) is 5.57 Å². The van der Waals surface area contributed by atoms with E-state index in [1.54, 1.807) is 6.08 Å². The Kier molecular flexibility index (Phi) is 4.13. The van der Waals surface area contributed by atoms with Gasteiger partial charge in [-0.25, -0.2) is 0 Å². The topological polar surface area (TPSA) is 26.3 Å². The first kappa shape index (κ1) is 12.0. The van der Waals surface area contributed by atoms with Gasteiger partial charge in [-0.3, -0.25) is 4.79 Å². The highest BCUT2D eigenvalue weighted by Crippen LogP contribution is 2.34. The first-order valence-corrected chi connectivity index (χ1v) is 5.51. The van der Waals surface area contributed by atoms with Crippen LogP contribution in [-0.2, 0) is 9.53 Å². The lowest BCUT2D eigenvalue weighted by molar-refractivity contribution is -0.149. The first-order chi connectivity index (χ1) is 7.06. The normalized spacial score (nSPS) is 30.6. The molecule has 0 amide bonds. The van der Waals surface area contributed by atoms with Crippen molar-refractivity contribution in [3.8, 4) is 0 Å². The second kappa shape index (κ2) is 5.15. The molecule has 0 unspecified atom stereocenters. The molecule has 0 aromatic rings. The summed E-state index contributed by atoms with van der Waals surface area (Å²) in [6.07, 6.45) is 4.70. The van der Waals surface area contributed by atoms with Gasteiger partial charge in [0, 0.05) is 0 Å². The van der Waals surface area contributed by atoms with Crippen LogP contribution in [0, 0.1) is 17.8 Å². The zero-order valence-corrected chi connectivity index (χ0v) is 9.82. The second-order valence-corrected chi connectivity index (χ2v) is 4.46. The van der Waals surface area contributed by atoms with E-state index in [1.807, 2.05) is 0 Å². The van der Waals surface area contributed by atoms with Crippen LogP contribution in [0.5, 0.6) is 0 Å². The lowest BCUT2D eigenvalue weighted by Gasteiger charge is -2.30. The van der Waals surface area contributed by atoms with E-state index in [4.69, 9.17) is 4.74 Å². The Labute approximate surface area is 92.0 Å². The lowest BCUT2D eigenvalue weighted by Crippen LogP contribution is -2.30. The van der Waals surface area contributed by atoms with Gasteiger partial charge in [-0.1, -0.05) is 38.2 Å². The fourth-order valence-corrected chi connectivity index (χ4v) is 2.11. The van der Waals surface area contributed by atoms with E-state index in [0.29, 0.717) is 18.4 Å². The minimum absolute atomic E-state index is 0.0185. The molecule has 15 heavy (non-hydrogen) atoms. The maximum Gasteiger partial charge on any atom is 0.309 e. The number of allylic oxidation sites excluding steroid dienone is 2. The average Bonchev–Trinajstić information content (AvgIpc) is 2.19. The monoisotopic (exact) mass is 208 g/mol. The van der Waals surface area contributed by atoms with Crippen LogP contribution in [0.25, 0.3) is 0 Å². The van der Waals surface area contributed by atoms with Gasteiger partial charge in [0.25, 0.3) is 0 Å². The number of hydrogen-bond donors (Lipinski definition) is 0. The van der Waals surface area contributed by atoms with Crippen LogP contribution in [0.2, 0.25) is 0 Å². The highest BCUT2D eigenvalue weighted by Gasteiger charge is 2.32. The minimum atomic E-state index is -0.0818. The third-order valence-electron chi connectivity index (χ3n) is 3.20. The number of hydrogen-bond acceptors (Lipinski definition) is 2. The number of esters is 1. The Balaban J connectivity index is 2.65. The molecule has 1 aliphatic carbocycles. The SMILES string of the molecule is C=CCOC(=O)[C@H]1CC(C)=C[C@@H](C)[C@H]1C. The van der Waals surface area contributed by atoms with Crippen molar-refractivity contribution in [2.45, 2.75) is 27.2 Å². The van der Waals surface area contributed by atoms with Crippen LogP contribution in [0.1, 0.15) is 27.2 Å². The number of carbonyl (C=O) groups excluding carboxylic acids is 1. The molecule has 0 spiro atoms. The molecular weight excluding hydrogens is 188 g/mol. The lowest BCUT2D eigenvalue weighted by atomic mass is 9.75. The van der Waals surface area contributed by atoms with Gasteiger partial charge in [0.15, 0.2) is 0 Å². The molecule has 0 bridgehead atoms. The van der Waals surface area contributed by atoms with Gasteiger partial charge < -0.3 is 4.74 Å². The number of carbonyl (C=O) groups is 1. The van der Waals surface area contributed by atoms with Gasteiger partial charge in [-0.05, 0) is 25.2 Å². The molecule has 1 rings (SSSR count). The van der Waals surface area contributed by atoms with E-state index in [0.717, 1.165) is 6.42 Å². The van der Waals surface area contributed by atoms with Gasteiger partial charge in [-0.15, -0.1) is 0 Å². The average molecular weight is 208 g/mol. The van der Waals surface area contributed by atoms with E-state index >= 15 is 0 Å². The summed E-state index contributed by atoms with van der Waals surface area (Å²) in [5, 5.41) is 0. The van der Waals surface area contributed by atoms with Crippen LogP contribution in [0.4, 0.5) is 0 Å². The molecule has 0 aliphatic heterocycles. The predicted octanol–water partition coefficient (Wildman–Crippen LogP) is 2.95. The number of ether oxygens (including phenoxy) is 1. The molecule has 0 radical (unpaired) electrons. The summed E-state index contributed by atoms with van der Waals surface area (Å²) < 4.78 is 5.11. The van der Waals surface area contributed by atoms with Gasteiger partial charge in [0.1, 0.15) is 6.61 Å². The third-order valence-corrected chi connectivity index (χ3v) is 3.20. The van der Waals surface area contributed by atoms with Gasteiger partial charge in [0.2, 0.25) is 0 Å². The van der Waals surface area contributed by atoms with E-state index in [2.05, 4.69) is 33.4 Å². The van der Waals surface area contributed by atoms with Crippen LogP contribution < -0.4 is 0 Å². The fraction of sp³-hybridized carbons (Fsp3) is 0.615. The molecule has 0 aromatic heterocycles. The van der Waals surface area contributed by atoms with Crippen LogP contribution >= 0.6 is 0 Å². The molecule has 0 aromatic carbocycles. The number of rotatable bonds is 3. The Morgan fingerprint density at radius 1 is 1.67 bits per heavy atom. The zero-order valence-electron chi connectivity index (χ0n) is 9.82. The molecule has 0 saturated heterocycles. The minimum Gasteiger partial charge on any atom is -0.461 e. The maximum atomic E-state index is 11.8. The van der Waals surface area contributed by atoms with Crippen molar-refractivity contribution < 1.29 is 9.53 Å². The Hall–Kier alpha value is -1.05. The second-order valence-electron chi connectivity index (χ2n) is 4.46. The molecule has 0 saturated carbocycles. The molecule has 2 nitrogen and oxygen atoms in total. The summed E-state index contributed by atoms with van der Waals surface area (Å²) in [4.78, 5) is 11.8. The smallest absolute Gasteiger partial charge is 0.309 e. The summed E-state index contributed by atoms with van der Waals surface area (Å²) in [7, 11) is 0. The van der Waals surface area contributed by atoms with Gasteiger partial charge in [-0.2, -0.15) is 0 Å². The summed E-state index contributed by atoms with van der Waals surface area (Å²) in [5.74, 6) is 0.762. The fourth-order valence-electron chi connectivity index (χ4n) is 2.11. The summed E-state index contributed by atoms with van der Waals surface area (Å²) in [6, 6.07) is 0. The quantitative estimate of drug-likeness (QED) is 0.526. The summed E-state index contributed by atoms with van der Waals surface area (Å²) in [5.41, 5.74) is 1.29. The molecule has 0 fully saturated rings. The standard InChI is InChI=1S/C13H20O2/c1-5-6-15-13(14)12-8-9(2)7-10(3)11(12)4/h5,7,10-12H,1,6,8H2,2-4H3/t10-,11-,12+/m1/s1. The van der Waals surface area contributed by atoms with Crippen LogP contribution in [-0.4, -0.2) is 12.6 Å². The Bertz CT molecular complexity index is 278.